The van der Waals surface area contributed by atoms with Gasteiger partial charge in [-0.3, -0.25) is 14.5 Å². The summed E-state index contributed by atoms with van der Waals surface area (Å²) in [5.41, 5.74) is 2.03. The number of methoxy groups -OCH3 is 1. The van der Waals surface area contributed by atoms with Gasteiger partial charge in [0.2, 0.25) is 14.3 Å². The van der Waals surface area contributed by atoms with Crippen LogP contribution in [0.25, 0.3) is 0 Å². The van der Waals surface area contributed by atoms with Gasteiger partial charge in [0, 0.05) is 29.3 Å². The average molecular weight is 589 g/mol. The smallest absolute Gasteiger partial charge is 0.268 e. The molecule has 1 spiro atoms. The second-order valence-corrected chi connectivity index (χ2v) is 16.0. The van der Waals surface area contributed by atoms with Crippen LogP contribution in [0.4, 0.5) is 15.5 Å². The number of para-hydroxylation sites is 1. The van der Waals surface area contributed by atoms with Gasteiger partial charge in [0.15, 0.2) is 5.60 Å². The summed E-state index contributed by atoms with van der Waals surface area (Å²) in [5, 5.41) is 10.2. The zero-order chi connectivity index (χ0) is 29.8. The van der Waals surface area contributed by atoms with E-state index in [0.29, 0.717) is 35.7 Å². The van der Waals surface area contributed by atoms with E-state index in [1.807, 2.05) is 73.7 Å². The van der Waals surface area contributed by atoms with Crippen LogP contribution in [0.5, 0.6) is 5.75 Å². The van der Waals surface area contributed by atoms with Crippen LogP contribution >= 0.6 is 0 Å². The van der Waals surface area contributed by atoms with Gasteiger partial charge in [-0.25, -0.2) is 0 Å². The van der Waals surface area contributed by atoms with Crippen LogP contribution in [-0.4, -0.2) is 56.1 Å². The number of amides is 2. The molecule has 3 heterocycles. The van der Waals surface area contributed by atoms with Crippen LogP contribution in [0.15, 0.2) is 72.8 Å². The molecule has 7 nitrogen and oxygen atoms in total. The third kappa shape index (κ3) is 4.46. The first-order chi connectivity index (χ1) is 20.1. The Morgan fingerprint density at radius 1 is 1.10 bits per heavy atom. The van der Waals surface area contributed by atoms with Crippen molar-refractivity contribution in [3.05, 3.63) is 89.5 Å². The average Bonchev–Trinajstić information content (AvgIpc) is 3.42. The van der Waals surface area contributed by atoms with Gasteiger partial charge in [-0.05, 0) is 61.0 Å². The van der Waals surface area contributed by atoms with Crippen molar-refractivity contribution in [1.29, 1.82) is 0 Å². The Morgan fingerprint density at radius 2 is 1.79 bits per heavy atom. The molecule has 0 unspecified atom stereocenters. The highest BCUT2D eigenvalue weighted by atomic mass is 28.4. The van der Waals surface area contributed by atoms with Crippen molar-refractivity contribution in [2.24, 2.45) is 5.92 Å². The summed E-state index contributed by atoms with van der Waals surface area (Å²) in [6, 6.07) is 22.3. The van der Waals surface area contributed by atoms with E-state index in [4.69, 9.17) is 9.47 Å². The normalized spacial score (nSPS) is 26.9. The molecule has 5 atom stereocenters. The zero-order valence-electron chi connectivity index (χ0n) is 24.4. The Balaban J connectivity index is 1.40. The Morgan fingerprint density at radius 3 is 2.45 bits per heavy atom. The van der Waals surface area contributed by atoms with Gasteiger partial charge >= 0.3 is 0 Å². The summed E-state index contributed by atoms with van der Waals surface area (Å²) < 4.78 is 28.6. The monoisotopic (exact) mass is 588 g/mol. The van der Waals surface area contributed by atoms with Crippen molar-refractivity contribution in [2.75, 3.05) is 18.6 Å². The maximum absolute atomic E-state index is 16.3. The molecule has 1 N–H and O–H groups in total. The van der Waals surface area contributed by atoms with E-state index >= 15 is 4.11 Å². The number of hydrogen-bond acceptors (Lipinski definition) is 5. The largest absolute Gasteiger partial charge is 0.497 e. The molecule has 0 aromatic heterocycles. The van der Waals surface area contributed by atoms with Crippen molar-refractivity contribution >= 4 is 31.6 Å². The number of fused-ring (bicyclic) bond motifs is 3. The number of halogens is 1. The number of aliphatic hydroxyl groups is 1. The van der Waals surface area contributed by atoms with E-state index in [9.17, 15) is 14.7 Å². The van der Waals surface area contributed by atoms with Crippen LogP contribution in [0.3, 0.4) is 0 Å². The predicted molar refractivity (Wildman–Crippen MR) is 161 cm³/mol. The highest BCUT2D eigenvalue weighted by molar-refractivity contribution is 6.72. The number of benzene rings is 3. The zero-order valence-corrected chi connectivity index (χ0v) is 25.4. The highest BCUT2D eigenvalue weighted by Crippen LogP contribution is 2.61. The van der Waals surface area contributed by atoms with Crippen molar-refractivity contribution in [3.8, 4) is 5.75 Å². The SMILES string of the molecule is COc1ccc2c(c1)[C@]1(O[C@@H](CC(=O)N3Cc4ccccc4C[C@H]3CO)[C@H]([Si](C)(C)F)[C@H]1C)C(=O)N2c1ccccc1. The number of carbonyl (C=O) groups excluding carboxylic acids is 2. The van der Waals surface area contributed by atoms with Crippen LogP contribution in [0.2, 0.25) is 18.6 Å². The lowest BCUT2D eigenvalue weighted by molar-refractivity contribution is -0.150. The molecule has 0 saturated carbocycles. The number of carbonyl (C=O) groups is 2. The van der Waals surface area contributed by atoms with Gasteiger partial charge in [-0.15, -0.1) is 0 Å². The molecule has 42 heavy (non-hydrogen) atoms. The van der Waals surface area contributed by atoms with Crippen LogP contribution in [0.1, 0.15) is 30.0 Å². The maximum atomic E-state index is 16.3. The number of anilines is 2. The minimum atomic E-state index is -3.46. The molecule has 2 amide bonds. The van der Waals surface area contributed by atoms with Gasteiger partial charge in [0.05, 0.1) is 38.0 Å². The van der Waals surface area contributed by atoms with Crippen LogP contribution in [0, 0.1) is 5.92 Å². The first-order valence-corrected chi connectivity index (χ1v) is 17.5. The fourth-order valence-electron chi connectivity index (χ4n) is 7.44. The minimum absolute atomic E-state index is 0.0757. The molecular weight excluding hydrogens is 551 g/mol. The standard InChI is InChI=1S/C33H37FN2O5Si/c1-21-31(42(3,4)34)29(18-30(38)35-19-23-11-9-8-10-22(23)16-25(35)20-37)41-33(21)27-17-26(40-2)14-15-28(27)36(32(33)39)24-12-6-5-7-13-24/h5-15,17,21,25,29,31,37H,16,18-20H2,1-4H3/t21-,25+,29+,31-,33+/m1/s1. The quantitative estimate of drug-likeness (QED) is 0.305. The lowest BCUT2D eigenvalue weighted by atomic mass is 9.82. The van der Waals surface area contributed by atoms with Crippen molar-refractivity contribution < 1.29 is 28.3 Å². The fraction of sp³-hybridized carbons (Fsp3) is 0.394. The number of nitrogens with zero attached hydrogens (tertiary/aromatic N) is 2. The van der Waals surface area contributed by atoms with E-state index < -0.39 is 31.6 Å². The maximum Gasteiger partial charge on any atom is 0.268 e. The minimum Gasteiger partial charge on any atom is -0.497 e. The van der Waals surface area contributed by atoms with Gasteiger partial charge in [-0.2, -0.15) is 0 Å². The molecule has 3 aromatic rings. The number of rotatable bonds is 6. The Labute approximate surface area is 247 Å². The van der Waals surface area contributed by atoms with Gasteiger partial charge < -0.3 is 23.6 Å². The molecule has 3 aliphatic heterocycles. The molecule has 1 fully saturated rings. The molecule has 220 valence electrons. The Hall–Kier alpha value is -3.53. The molecule has 9 heteroatoms. The van der Waals surface area contributed by atoms with E-state index in [2.05, 4.69) is 0 Å². The summed E-state index contributed by atoms with van der Waals surface area (Å²) in [6.07, 6.45) is -0.336. The highest BCUT2D eigenvalue weighted by Gasteiger charge is 2.67. The molecular formula is C33H37FN2O5Si. The molecule has 3 aromatic carbocycles. The van der Waals surface area contributed by atoms with Crippen molar-refractivity contribution in [2.45, 2.75) is 62.7 Å². The van der Waals surface area contributed by atoms with E-state index in [-0.39, 0.29) is 30.9 Å². The first-order valence-electron chi connectivity index (χ1n) is 14.5. The topological polar surface area (TPSA) is 79.3 Å². The predicted octanol–water partition coefficient (Wildman–Crippen LogP) is 5.48. The lowest BCUT2D eigenvalue weighted by Gasteiger charge is -2.37. The van der Waals surface area contributed by atoms with Gasteiger partial charge in [0.25, 0.3) is 5.91 Å². The van der Waals surface area contributed by atoms with Gasteiger partial charge in [0.1, 0.15) is 5.75 Å². The van der Waals surface area contributed by atoms with E-state index in [0.717, 1.165) is 11.1 Å². The van der Waals surface area contributed by atoms with Crippen molar-refractivity contribution in [1.82, 2.24) is 4.90 Å². The molecule has 0 aliphatic carbocycles. The number of ether oxygens (including phenoxy) is 2. The summed E-state index contributed by atoms with van der Waals surface area (Å²) in [6.45, 7) is 5.34. The summed E-state index contributed by atoms with van der Waals surface area (Å²) in [5.74, 6) is -0.470. The third-order valence-corrected chi connectivity index (χ3v) is 11.8. The molecule has 6 rings (SSSR count). The number of aliphatic hydroxyl groups excluding tert-OH is 1. The Bertz CT molecular complexity index is 1510. The second kappa shape index (κ2) is 10.6. The summed E-state index contributed by atoms with van der Waals surface area (Å²) in [7, 11) is -1.90. The van der Waals surface area contributed by atoms with E-state index in [1.165, 1.54) is 0 Å². The molecule has 3 aliphatic rings. The molecule has 0 radical (unpaired) electrons. The van der Waals surface area contributed by atoms with Crippen LogP contribution < -0.4 is 9.64 Å². The third-order valence-electron chi connectivity index (χ3n) is 9.35. The van der Waals surface area contributed by atoms with Crippen LogP contribution in [-0.2, 0) is 32.9 Å². The molecule has 1 saturated heterocycles. The molecule has 0 bridgehead atoms. The summed E-state index contributed by atoms with van der Waals surface area (Å²) in [4.78, 5) is 31.8. The first kappa shape index (κ1) is 28.6. The van der Waals surface area contributed by atoms with Gasteiger partial charge in [-0.1, -0.05) is 49.4 Å². The lowest BCUT2D eigenvalue weighted by Crippen LogP contribution is -2.48. The number of hydrogen-bond donors (Lipinski definition) is 1. The summed E-state index contributed by atoms with van der Waals surface area (Å²) >= 11 is 0. The van der Waals surface area contributed by atoms with E-state index in [1.54, 1.807) is 36.1 Å². The Kier molecular flexibility index (Phi) is 7.23. The van der Waals surface area contributed by atoms with Crippen molar-refractivity contribution in [3.63, 3.8) is 0 Å². The fourth-order valence-corrected chi connectivity index (χ4v) is 9.94. The second-order valence-electron chi connectivity index (χ2n) is 12.2.